The van der Waals surface area contributed by atoms with Crippen molar-refractivity contribution >= 4 is 18.5 Å². The van der Waals surface area contributed by atoms with Gasteiger partial charge >= 0.3 is 0 Å². The summed E-state index contributed by atoms with van der Waals surface area (Å²) in [5, 5.41) is 10.5. The molecule has 2 N–H and O–H groups in total. The Bertz CT molecular complexity index is 76.4. The van der Waals surface area contributed by atoms with Gasteiger partial charge in [-0.3, -0.25) is 4.79 Å². The maximum absolute atomic E-state index is 10.2. The molecular weight excluding hydrogens is 126 g/mol. The number of aliphatic hydroxyl groups is 1. The second-order valence-electron chi connectivity index (χ2n) is 1.23. The molecule has 0 bridgehead atoms. The van der Waals surface area contributed by atoms with Crippen LogP contribution in [0.4, 0.5) is 0 Å². The van der Waals surface area contributed by atoms with E-state index in [0.29, 0.717) is 12.3 Å². The predicted octanol–water partition coefficient (Wildman–Crippen LogP) is -0.975. The van der Waals surface area contributed by atoms with Crippen LogP contribution < -0.4 is 5.32 Å². The SMILES string of the molecule is O=C(CO)NCCS. The van der Waals surface area contributed by atoms with Gasteiger partial charge in [0.25, 0.3) is 0 Å². The summed E-state index contributed by atoms with van der Waals surface area (Å²) >= 11 is 3.84. The van der Waals surface area contributed by atoms with Crippen LogP contribution in [0.2, 0.25) is 0 Å². The fraction of sp³-hybridized carbons (Fsp3) is 0.750. The van der Waals surface area contributed by atoms with E-state index in [2.05, 4.69) is 17.9 Å². The third kappa shape index (κ3) is 3.95. The fourth-order valence-electron chi connectivity index (χ4n) is 0.251. The quantitative estimate of drug-likeness (QED) is 0.436. The lowest BCUT2D eigenvalue weighted by molar-refractivity contribution is -0.123. The Balaban J connectivity index is 2.99. The first-order chi connectivity index (χ1) is 3.81. The third-order valence-electron chi connectivity index (χ3n) is 0.578. The van der Waals surface area contributed by atoms with E-state index in [0.717, 1.165) is 0 Å². The highest BCUT2D eigenvalue weighted by Gasteiger charge is 1.92. The Labute approximate surface area is 53.5 Å². The van der Waals surface area contributed by atoms with E-state index in [9.17, 15) is 4.79 Å². The van der Waals surface area contributed by atoms with Gasteiger partial charge in [0, 0.05) is 12.3 Å². The predicted molar refractivity (Wildman–Crippen MR) is 33.9 cm³/mol. The zero-order chi connectivity index (χ0) is 6.41. The first kappa shape index (κ1) is 7.78. The van der Waals surface area contributed by atoms with E-state index in [1.54, 1.807) is 0 Å². The fourth-order valence-corrected chi connectivity index (χ4v) is 0.363. The molecule has 0 heterocycles. The second-order valence-corrected chi connectivity index (χ2v) is 1.68. The molecule has 0 atom stereocenters. The largest absolute Gasteiger partial charge is 0.387 e. The lowest BCUT2D eigenvalue weighted by atomic mass is 10.6. The maximum Gasteiger partial charge on any atom is 0.245 e. The van der Waals surface area contributed by atoms with Gasteiger partial charge in [0.1, 0.15) is 6.61 Å². The molecule has 0 saturated heterocycles. The van der Waals surface area contributed by atoms with Crippen molar-refractivity contribution in [3.05, 3.63) is 0 Å². The summed E-state index contributed by atoms with van der Waals surface area (Å²) < 4.78 is 0. The zero-order valence-corrected chi connectivity index (χ0v) is 5.32. The van der Waals surface area contributed by atoms with Gasteiger partial charge in [-0.2, -0.15) is 12.6 Å². The minimum absolute atomic E-state index is 0.348. The molecule has 0 spiro atoms. The van der Waals surface area contributed by atoms with Gasteiger partial charge in [-0.15, -0.1) is 0 Å². The summed E-state index contributed by atoms with van der Waals surface area (Å²) in [6, 6.07) is 0. The lowest BCUT2D eigenvalue weighted by Crippen LogP contribution is -2.27. The molecular formula is C4H9NO2S. The molecule has 0 saturated carbocycles. The minimum Gasteiger partial charge on any atom is -0.387 e. The van der Waals surface area contributed by atoms with Crippen molar-refractivity contribution in [1.82, 2.24) is 5.32 Å². The topological polar surface area (TPSA) is 49.3 Å². The average Bonchev–Trinajstić information content (AvgIpc) is 1.83. The van der Waals surface area contributed by atoms with E-state index in [-0.39, 0.29) is 5.91 Å². The molecule has 0 aromatic carbocycles. The molecule has 48 valence electrons. The number of carbonyl (C=O) groups is 1. The summed E-state index contributed by atoms with van der Waals surface area (Å²) in [4.78, 5) is 10.2. The van der Waals surface area contributed by atoms with Crippen LogP contribution in [0.15, 0.2) is 0 Å². The van der Waals surface area contributed by atoms with Gasteiger partial charge in [0.15, 0.2) is 0 Å². The van der Waals surface area contributed by atoms with Gasteiger partial charge in [-0.25, -0.2) is 0 Å². The van der Waals surface area contributed by atoms with E-state index in [1.165, 1.54) is 0 Å². The molecule has 0 aliphatic heterocycles. The molecule has 0 fully saturated rings. The Kier molecular flexibility index (Phi) is 4.79. The van der Waals surface area contributed by atoms with Crippen molar-refractivity contribution < 1.29 is 9.90 Å². The van der Waals surface area contributed by atoms with Crippen molar-refractivity contribution in [2.45, 2.75) is 0 Å². The van der Waals surface area contributed by atoms with Crippen LogP contribution in [0, 0.1) is 0 Å². The maximum atomic E-state index is 10.2. The van der Waals surface area contributed by atoms with Crippen LogP contribution in [0.5, 0.6) is 0 Å². The average molecular weight is 135 g/mol. The smallest absolute Gasteiger partial charge is 0.245 e. The van der Waals surface area contributed by atoms with Crippen LogP contribution in [0.1, 0.15) is 0 Å². The summed E-state index contributed by atoms with van der Waals surface area (Å²) in [6.07, 6.45) is 0. The molecule has 8 heavy (non-hydrogen) atoms. The molecule has 0 rings (SSSR count). The summed E-state index contributed by atoms with van der Waals surface area (Å²) in [6.45, 7) is 0.0796. The molecule has 4 heteroatoms. The van der Waals surface area contributed by atoms with Gasteiger partial charge in [0.05, 0.1) is 0 Å². The first-order valence-corrected chi connectivity index (χ1v) is 2.93. The van der Waals surface area contributed by atoms with Crippen LogP contribution in [0.3, 0.4) is 0 Å². The van der Waals surface area contributed by atoms with E-state index >= 15 is 0 Å². The van der Waals surface area contributed by atoms with Crippen LogP contribution in [-0.2, 0) is 4.79 Å². The zero-order valence-electron chi connectivity index (χ0n) is 4.42. The Hall–Kier alpha value is -0.220. The molecule has 0 aromatic rings. The van der Waals surface area contributed by atoms with Crippen molar-refractivity contribution in [2.24, 2.45) is 0 Å². The van der Waals surface area contributed by atoms with Gasteiger partial charge in [0.2, 0.25) is 5.91 Å². The monoisotopic (exact) mass is 135 g/mol. The molecule has 0 aromatic heterocycles. The summed E-state index contributed by atoms with van der Waals surface area (Å²) in [5.74, 6) is 0.255. The van der Waals surface area contributed by atoms with Crippen molar-refractivity contribution in [3.63, 3.8) is 0 Å². The molecule has 0 aliphatic rings. The van der Waals surface area contributed by atoms with Crippen LogP contribution in [0.25, 0.3) is 0 Å². The molecule has 0 unspecified atom stereocenters. The van der Waals surface area contributed by atoms with Crippen LogP contribution >= 0.6 is 12.6 Å². The first-order valence-electron chi connectivity index (χ1n) is 2.29. The number of nitrogens with one attached hydrogen (secondary N) is 1. The molecule has 1 amide bonds. The molecule has 3 nitrogen and oxygen atoms in total. The highest BCUT2D eigenvalue weighted by atomic mass is 32.1. The molecule has 0 radical (unpaired) electrons. The lowest BCUT2D eigenvalue weighted by Gasteiger charge is -1.96. The Morgan fingerprint density at radius 3 is 2.75 bits per heavy atom. The normalized spacial score (nSPS) is 8.75. The number of hydrogen-bond acceptors (Lipinski definition) is 3. The van der Waals surface area contributed by atoms with E-state index in [4.69, 9.17) is 5.11 Å². The van der Waals surface area contributed by atoms with Crippen molar-refractivity contribution in [2.75, 3.05) is 18.9 Å². The number of aliphatic hydroxyl groups excluding tert-OH is 1. The number of rotatable bonds is 3. The number of carbonyl (C=O) groups excluding carboxylic acids is 1. The number of amides is 1. The highest BCUT2D eigenvalue weighted by Crippen LogP contribution is 1.67. The second kappa shape index (κ2) is 4.93. The standard InChI is InChI=1S/C4H9NO2S/c6-3-4(7)5-1-2-8/h6,8H,1-3H2,(H,5,7). The Morgan fingerprint density at radius 2 is 2.38 bits per heavy atom. The Morgan fingerprint density at radius 1 is 1.75 bits per heavy atom. The number of hydrogen-bond donors (Lipinski definition) is 3. The van der Waals surface area contributed by atoms with Crippen molar-refractivity contribution in [1.29, 1.82) is 0 Å². The number of thiol groups is 1. The van der Waals surface area contributed by atoms with Gasteiger partial charge in [-0.05, 0) is 0 Å². The van der Waals surface area contributed by atoms with E-state index < -0.39 is 6.61 Å². The minimum atomic E-state index is -0.437. The van der Waals surface area contributed by atoms with Crippen LogP contribution in [-0.4, -0.2) is 29.9 Å². The van der Waals surface area contributed by atoms with Crippen molar-refractivity contribution in [3.8, 4) is 0 Å². The summed E-state index contributed by atoms with van der Waals surface area (Å²) in [7, 11) is 0. The molecule has 0 aliphatic carbocycles. The highest BCUT2D eigenvalue weighted by molar-refractivity contribution is 7.80. The third-order valence-corrected chi connectivity index (χ3v) is 0.801. The van der Waals surface area contributed by atoms with E-state index in [1.807, 2.05) is 0 Å². The van der Waals surface area contributed by atoms with Gasteiger partial charge < -0.3 is 10.4 Å². The van der Waals surface area contributed by atoms with Gasteiger partial charge in [-0.1, -0.05) is 0 Å². The summed E-state index contributed by atoms with van der Waals surface area (Å²) in [5.41, 5.74) is 0.